The number of halogens is 3. The number of rotatable bonds is 2. The van der Waals surface area contributed by atoms with Crippen molar-refractivity contribution in [1.29, 1.82) is 0 Å². The van der Waals surface area contributed by atoms with Crippen LogP contribution in [-0.4, -0.2) is 12.7 Å². The molecule has 0 spiro atoms. The fourth-order valence-corrected chi connectivity index (χ4v) is 2.31. The summed E-state index contributed by atoms with van der Waals surface area (Å²) in [5.41, 5.74) is 5.60. The van der Waals surface area contributed by atoms with Gasteiger partial charge in [-0.15, -0.1) is 0 Å². The van der Waals surface area contributed by atoms with Gasteiger partial charge in [0.05, 0.1) is 6.10 Å². The van der Waals surface area contributed by atoms with Gasteiger partial charge in [-0.1, -0.05) is 0 Å². The smallest absolute Gasteiger partial charge is 0.133 e. The Labute approximate surface area is 97.6 Å². The van der Waals surface area contributed by atoms with E-state index in [1.165, 1.54) is 0 Å². The Morgan fingerprint density at radius 2 is 1.88 bits per heavy atom. The summed E-state index contributed by atoms with van der Waals surface area (Å²) in [5.74, 6) is -2.96. The Morgan fingerprint density at radius 3 is 2.35 bits per heavy atom. The van der Waals surface area contributed by atoms with Gasteiger partial charge in [-0.25, -0.2) is 13.2 Å². The Kier molecular flexibility index (Phi) is 3.40. The van der Waals surface area contributed by atoms with E-state index >= 15 is 0 Å². The molecule has 3 atom stereocenters. The van der Waals surface area contributed by atoms with E-state index in [-0.39, 0.29) is 17.6 Å². The van der Waals surface area contributed by atoms with E-state index in [0.717, 1.165) is 0 Å². The fraction of sp³-hybridized carbons (Fsp3) is 0.500. The number of hydrogen-bond acceptors (Lipinski definition) is 2. The van der Waals surface area contributed by atoms with Crippen molar-refractivity contribution in [3.05, 3.63) is 35.1 Å². The van der Waals surface area contributed by atoms with Gasteiger partial charge in [-0.3, -0.25) is 0 Å². The summed E-state index contributed by atoms with van der Waals surface area (Å²) < 4.78 is 45.2. The zero-order chi connectivity index (χ0) is 12.6. The molecule has 1 fully saturated rings. The lowest BCUT2D eigenvalue weighted by atomic mass is 9.88. The summed E-state index contributed by atoms with van der Waals surface area (Å²) in [4.78, 5) is 0. The van der Waals surface area contributed by atoms with Crippen LogP contribution in [0.25, 0.3) is 0 Å². The first-order chi connectivity index (χ1) is 8.00. The maximum Gasteiger partial charge on any atom is 0.133 e. The summed E-state index contributed by atoms with van der Waals surface area (Å²) >= 11 is 0. The maximum absolute atomic E-state index is 13.5. The SMILES string of the molecule is CC1OCCC1C(N)c1c(F)cc(F)cc1F. The summed E-state index contributed by atoms with van der Waals surface area (Å²) in [5, 5.41) is 0. The quantitative estimate of drug-likeness (QED) is 0.869. The molecular weight excluding hydrogens is 231 g/mol. The first-order valence-electron chi connectivity index (χ1n) is 5.52. The van der Waals surface area contributed by atoms with Crippen molar-refractivity contribution >= 4 is 0 Å². The number of hydrogen-bond donors (Lipinski definition) is 1. The van der Waals surface area contributed by atoms with E-state index in [0.29, 0.717) is 25.2 Å². The van der Waals surface area contributed by atoms with E-state index in [9.17, 15) is 13.2 Å². The second kappa shape index (κ2) is 4.66. The molecule has 0 radical (unpaired) electrons. The Balaban J connectivity index is 2.33. The van der Waals surface area contributed by atoms with E-state index in [1.54, 1.807) is 0 Å². The number of benzene rings is 1. The molecular formula is C12H14F3NO. The predicted octanol–water partition coefficient (Wildman–Crippen LogP) is 2.53. The molecule has 1 aliphatic rings. The minimum atomic E-state index is -0.938. The van der Waals surface area contributed by atoms with Crippen molar-refractivity contribution in [3.63, 3.8) is 0 Å². The van der Waals surface area contributed by atoms with Gasteiger partial charge in [0.2, 0.25) is 0 Å². The molecule has 0 saturated carbocycles. The molecule has 1 aliphatic heterocycles. The van der Waals surface area contributed by atoms with Crippen LogP contribution in [0.5, 0.6) is 0 Å². The normalized spacial score (nSPS) is 26.2. The third-order valence-corrected chi connectivity index (χ3v) is 3.27. The second-order valence-corrected chi connectivity index (χ2v) is 4.34. The maximum atomic E-state index is 13.5. The summed E-state index contributed by atoms with van der Waals surface area (Å²) in [6, 6.07) is 0.491. The summed E-state index contributed by atoms with van der Waals surface area (Å²) in [7, 11) is 0. The lowest BCUT2D eigenvalue weighted by molar-refractivity contribution is 0.0988. The lowest BCUT2D eigenvalue weighted by Gasteiger charge is -2.23. The highest BCUT2D eigenvalue weighted by molar-refractivity contribution is 5.25. The predicted molar refractivity (Wildman–Crippen MR) is 56.8 cm³/mol. The molecule has 0 aromatic heterocycles. The van der Waals surface area contributed by atoms with Crippen molar-refractivity contribution in [1.82, 2.24) is 0 Å². The zero-order valence-electron chi connectivity index (χ0n) is 9.42. The van der Waals surface area contributed by atoms with E-state index in [1.807, 2.05) is 6.92 Å². The molecule has 17 heavy (non-hydrogen) atoms. The molecule has 2 N–H and O–H groups in total. The highest BCUT2D eigenvalue weighted by Crippen LogP contribution is 2.34. The fourth-order valence-electron chi connectivity index (χ4n) is 2.31. The minimum absolute atomic E-state index is 0.145. The monoisotopic (exact) mass is 245 g/mol. The van der Waals surface area contributed by atoms with Crippen LogP contribution >= 0.6 is 0 Å². The topological polar surface area (TPSA) is 35.2 Å². The molecule has 94 valence electrons. The first-order valence-corrected chi connectivity index (χ1v) is 5.52. The van der Waals surface area contributed by atoms with Crippen LogP contribution in [0, 0.1) is 23.4 Å². The third kappa shape index (κ3) is 2.30. The van der Waals surface area contributed by atoms with E-state index < -0.39 is 23.5 Å². The summed E-state index contributed by atoms with van der Waals surface area (Å²) in [6.45, 7) is 2.35. The van der Waals surface area contributed by atoms with E-state index in [4.69, 9.17) is 10.5 Å². The second-order valence-electron chi connectivity index (χ2n) is 4.34. The average Bonchev–Trinajstić information content (AvgIpc) is 2.62. The Hall–Kier alpha value is -1.07. The van der Waals surface area contributed by atoms with Gasteiger partial charge in [0, 0.05) is 36.3 Å². The molecule has 1 aromatic carbocycles. The number of nitrogens with two attached hydrogens (primary N) is 1. The molecule has 1 saturated heterocycles. The molecule has 0 amide bonds. The highest BCUT2D eigenvalue weighted by atomic mass is 19.1. The largest absolute Gasteiger partial charge is 0.378 e. The molecule has 1 aromatic rings. The van der Waals surface area contributed by atoms with Gasteiger partial charge in [-0.2, -0.15) is 0 Å². The molecule has 0 aliphatic carbocycles. The summed E-state index contributed by atoms with van der Waals surface area (Å²) in [6.07, 6.45) is 0.507. The van der Waals surface area contributed by atoms with Crippen LogP contribution in [0.2, 0.25) is 0 Å². The van der Waals surface area contributed by atoms with Crippen molar-refractivity contribution in [2.45, 2.75) is 25.5 Å². The van der Waals surface area contributed by atoms with Crippen LogP contribution in [-0.2, 0) is 4.74 Å². The lowest BCUT2D eigenvalue weighted by Crippen LogP contribution is -2.28. The standard InChI is InChI=1S/C12H14F3NO/c1-6-8(2-3-17-6)12(16)11-9(14)4-7(13)5-10(11)15/h4-6,8,12H,2-3,16H2,1H3. The van der Waals surface area contributed by atoms with Crippen molar-refractivity contribution < 1.29 is 17.9 Å². The van der Waals surface area contributed by atoms with Crippen molar-refractivity contribution in [2.24, 2.45) is 11.7 Å². The van der Waals surface area contributed by atoms with Gasteiger partial charge in [-0.05, 0) is 13.3 Å². The van der Waals surface area contributed by atoms with E-state index in [2.05, 4.69) is 0 Å². The Morgan fingerprint density at radius 1 is 1.29 bits per heavy atom. The van der Waals surface area contributed by atoms with Crippen LogP contribution in [0.4, 0.5) is 13.2 Å². The van der Waals surface area contributed by atoms with Crippen LogP contribution < -0.4 is 5.73 Å². The molecule has 0 bridgehead atoms. The molecule has 1 heterocycles. The molecule has 2 rings (SSSR count). The Bertz CT molecular complexity index is 401. The van der Waals surface area contributed by atoms with Gasteiger partial charge < -0.3 is 10.5 Å². The highest BCUT2D eigenvalue weighted by Gasteiger charge is 2.33. The van der Waals surface area contributed by atoms with Crippen molar-refractivity contribution in [3.8, 4) is 0 Å². The van der Waals surface area contributed by atoms with Gasteiger partial charge in [0.1, 0.15) is 17.5 Å². The molecule has 2 nitrogen and oxygen atoms in total. The third-order valence-electron chi connectivity index (χ3n) is 3.27. The minimum Gasteiger partial charge on any atom is -0.378 e. The number of ether oxygens (including phenoxy) is 1. The molecule has 3 unspecified atom stereocenters. The zero-order valence-corrected chi connectivity index (χ0v) is 9.42. The average molecular weight is 245 g/mol. The van der Waals surface area contributed by atoms with Crippen LogP contribution in [0.15, 0.2) is 12.1 Å². The van der Waals surface area contributed by atoms with Gasteiger partial charge >= 0.3 is 0 Å². The first kappa shape index (κ1) is 12.4. The van der Waals surface area contributed by atoms with Crippen molar-refractivity contribution in [2.75, 3.05) is 6.61 Å². The van der Waals surface area contributed by atoms with Gasteiger partial charge in [0.25, 0.3) is 0 Å². The van der Waals surface area contributed by atoms with Crippen LogP contribution in [0.3, 0.4) is 0 Å². The molecule has 5 heteroatoms. The van der Waals surface area contributed by atoms with Gasteiger partial charge in [0.15, 0.2) is 0 Å². The van der Waals surface area contributed by atoms with Crippen LogP contribution in [0.1, 0.15) is 24.9 Å².